The van der Waals surface area contributed by atoms with Crippen LogP contribution in [0.15, 0.2) is 48.5 Å². The summed E-state index contributed by atoms with van der Waals surface area (Å²) in [4.78, 5) is 13.1. The number of halogens is 2. The monoisotopic (exact) mass is 440 g/mol. The molecule has 0 bridgehead atoms. The molecule has 0 aromatic heterocycles. The number of carbonyl (C=O) groups excluding carboxylic acids is 1. The van der Waals surface area contributed by atoms with E-state index in [1.807, 2.05) is 44.2 Å². The van der Waals surface area contributed by atoms with Gasteiger partial charge in [-0.15, -0.1) is 0 Å². The molecule has 2 aromatic carbocycles. The Bertz CT molecular complexity index is 965. The molecule has 1 amide bonds. The van der Waals surface area contributed by atoms with E-state index in [1.165, 1.54) is 12.1 Å². The predicted octanol–water partition coefficient (Wildman–Crippen LogP) is 4.16. The molecule has 0 heterocycles. The van der Waals surface area contributed by atoms with Crippen LogP contribution < -0.4 is 9.62 Å². The minimum Gasteiger partial charge on any atom is -0.349 e. The van der Waals surface area contributed by atoms with Gasteiger partial charge in [0.2, 0.25) is 15.9 Å². The van der Waals surface area contributed by atoms with E-state index in [1.54, 1.807) is 6.92 Å². The fourth-order valence-electron chi connectivity index (χ4n) is 3.25. The summed E-state index contributed by atoms with van der Waals surface area (Å²) >= 11 is 5.84. The summed E-state index contributed by atoms with van der Waals surface area (Å²) in [5.74, 6) is -1.09. The minimum atomic E-state index is -3.83. The molecule has 0 saturated heterocycles. The van der Waals surface area contributed by atoms with Crippen LogP contribution in [0.25, 0.3) is 0 Å². The first-order valence-corrected chi connectivity index (χ1v) is 11.5. The number of rotatable bonds is 8. The number of benzene rings is 2. The highest BCUT2D eigenvalue weighted by Crippen LogP contribution is 2.27. The lowest BCUT2D eigenvalue weighted by molar-refractivity contribution is -0.123. The van der Waals surface area contributed by atoms with Crippen LogP contribution in [0.5, 0.6) is 0 Å². The minimum absolute atomic E-state index is 0.141. The zero-order chi connectivity index (χ0) is 21.8. The third kappa shape index (κ3) is 6.18. The number of anilines is 1. The Labute approximate surface area is 176 Å². The van der Waals surface area contributed by atoms with Gasteiger partial charge in [-0.2, -0.15) is 0 Å². The number of nitrogens with zero attached hydrogens (tertiary/aromatic N) is 1. The average molecular weight is 441 g/mol. The van der Waals surface area contributed by atoms with Crippen molar-refractivity contribution in [2.45, 2.75) is 45.2 Å². The summed E-state index contributed by atoms with van der Waals surface area (Å²) in [6, 6.07) is 12.3. The van der Waals surface area contributed by atoms with Gasteiger partial charge in [-0.25, -0.2) is 12.8 Å². The maximum absolute atomic E-state index is 13.6. The molecule has 0 radical (unpaired) electrons. The Hall–Kier alpha value is -2.12. The van der Waals surface area contributed by atoms with Gasteiger partial charge in [0.1, 0.15) is 11.9 Å². The van der Waals surface area contributed by atoms with Crippen LogP contribution in [0.2, 0.25) is 5.02 Å². The lowest BCUT2D eigenvalue weighted by atomic mass is 9.94. The van der Waals surface area contributed by atoms with E-state index in [2.05, 4.69) is 5.32 Å². The van der Waals surface area contributed by atoms with E-state index in [0.29, 0.717) is 6.42 Å². The van der Waals surface area contributed by atoms with Crippen molar-refractivity contribution in [1.29, 1.82) is 0 Å². The molecular weight excluding hydrogens is 415 g/mol. The maximum atomic E-state index is 13.6. The summed E-state index contributed by atoms with van der Waals surface area (Å²) < 4.78 is 39.5. The molecule has 1 unspecified atom stereocenters. The Morgan fingerprint density at radius 1 is 1.21 bits per heavy atom. The van der Waals surface area contributed by atoms with Crippen LogP contribution in [0.1, 0.15) is 32.8 Å². The van der Waals surface area contributed by atoms with E-state index < -0.39 is 33.3 Å². The molecule has 29 heavy (non-hydrogen) atoms. The molecule has 2 rings (SSSR count). The summed E-state index contributed by atoms with van der Waals surface area (Å²) in [6.07, 6.45) is 1.82. The Morgan fingerprint density at radius 2 is 1.83 bits per heavy atom. The van der Waals surface area contributed by atoms with Gasteiger partial charge in [0.05, 0.1) is 17.0 Å². The summed E-state index contributed by atoms with van der Waals surface area (Å²) in [5, 5.41) is 2.74. The quantitative estimate of drug-likeness (QED) is 0.670. The normalized spacial score (nSPS) is 13.0. The zero-order valence-corrected chi connectivity index (χ0v) is 18.5. The van der Waals surface area contributed by atoms with E-state index >= 15 is 0 Å². The Kier molecular flexibility index (Phi) is 7.30. The van der Waals surface area contributed by atoms with Gasteiger partial charge in [-0.1, -0.05) is 48.9 Å². The van der Waals surface area contributed by atoms with Crippen LogP contribution in [0.4, 0.5) is 10.1 Å². The Balaban J connectivity index is 2.31. The highest BCUT2D eigenvalue weighted by atomic mass is 35.5. The van der Waals surface area contributed by atoms with Gasteiger partial charge in [0.25, 0.3) is 0 Å². The number of hydrogen-bond donors (Lipinski definition) is 1. The second-order valence-electron chi connectivity index (χ2n) is 7.62. The van der Waals surface area contributed by atoms with Crippen molar-refractivity contribution in [1.82, 2.24) is 5.32 Å². The number of amides is 1. The van der Waals surface area contributed by atoms with Crippen molar-refractivity contribution in [2.75, 3.05) is 10.6 Å². The fourth-order valence-corrected chi connectivity index (χ4v) is 4.63. The first kappa shape index (κ1) is 23.2. The topological polar surface area (TPSA) is 66.5 Å². The van der Waals surface area contributed by atoms with Gasteiger partial charge in [-0.3, -0.25) is 9.10 Å². The van der Waals surface area contributed by atoms with Crippen molar-refractivity contribution < 1.29 is 17.6 Å². The predicted molar refractivity (Wildman–Crippen MR) is 115 cm³/mol. The zero-order valence-electron chi connectivity index (χ0n) is 16.9. The molecular formula is C21H26ClFN2O3S. The molecule has 0 aliphatic carbocycles. The molecule has 1 atom stereocenters. The lowest BCUT2D eigenvalue weighted by Crippen LogP contribution is -2.55. The van der Waals surface area contributed by atoms with E-state index in [9.17, 15) is 17.6 Å². The summed E-state index contributed by atoms with van der Waals surface area (Å²) in [6.45, 7) is 5.48. The largest absolute Gasteiger partial charge is 0.349 e. The van der Waals surface area contributed by atoms with Crippen LogP contribution in [-0.4, -0.2) is 32.2 Å². The molecule has 0 aliphatic heterocycles. The molecule has 1 N–H and O–H groups in total. The molecule has 0 saturated carbocycles. The van der Waals surface area contributed by atoms with Crippen LogP contribution in [-0.2, 0) is 21.2 Å². The molecule has 0 spiro atoms. The van der Waals surface area contributed by atoms with Crippen molar-refractivity contribution in [3.05, 3.63) is 64.9 Å². The highest BCUT2D eigenvalue weighted by molar-refractivity contribution is 7.92. The van der Waals surface area contributed by atoms with Crippen LogP contribution >= 0.6 is 11.6 Å². The van der Waals surface area contributed by atoms with Crippen molar-refractivity contribution in [2.24, 2.45) is 0 Å². The summed E-state index contributed by atoms with van der Waals surface area (Å²) in [5.41, 5.74) is 0.591. The van der Waals surface area contributed by atoms with Crippen LogP contribution in [0.3, 0.4) is 0 Å². The molecule has 0 fully saturated rings. The number of sulfonamides is 1. The lowest BCUT2D eigenvalue weighted by Gasteiger charge is -2.34. The second-order valence-corrected chi connectivity index (χ2v) is 9.88. The van der Waals surface area contributed by atoms with Crippen molar-refractivity contribution in [3.63, 3.8) is 0 Å². The number of carbonyl (C=O) groups is 1. The maximum Gasteiger partial charge on any atom is 0.244 e. The van der Waals surface area contributed by atoms with Crippen LogP contribution in [0, 0.1) is 5.82 Å². The highest BCUT2D eigenvalue weighted by Gasteiger charge is 2.34. The van der Waals surface area contributed by atoms with Gasteiger partial charge in [0, 0.05) is 5.54 Å². The first-order chi connectivity index (χ1) is 13.4. The van der Waals surface area contributed by atoms with Gasteiger partial charge in [0.15, 0.2) is 0 Å². The van der Waals surface area contributed by atoms with Crippen molar-refractivity contribution >= 4 is 33.2 Å². The fraction of sp³-hybridized carbons (Fsp3) is 0.381. The molecule has 5 nitrogen and oxygen atoms in total. The third-order valence-electron chi connectivity index (χ3n) is 4.44. The SMILES string of the molecule is CCC(C(=O)NC(C)(C)Cc1ccccc1)N(c1ccc(F)c(Cl)c1)S(C)(=O)=O. The first-order valence-electron chi connectivity index (χ1n) is 9.25. The summed E-state index contributed by atoms with van der Waals surface area (Å²) in [7, 11) is -3.83. The molecule has 0 aliphatic rings. The molecule has 8 heteroatoms. The van der Waals surface area contributed by atoms with E-state index in [4.69, 9.17) is 11.6 Å². The van der Waals surface area contributed by atoms with Gasteiger partial charge in [-0.05, 0) is 50.5 Å². The number of nitrogens with one attached hydrogen (secondary N) is 1. The standard InChI is InChI=1S/C21H26ClFN2O3S/c1-5-19(20(26)24-21(2,3)14-15-9-7-6-8-10-15)25(29(4,27)28)16-11-12-18(23)17(22)13-16/h6-13,19H,5,14H2,1-4H3,(H,24,26). The van der Waals surface area contributed by atoms with Gasteiger partial charge < -0.3 is 5.32 Å². The van der Waals surface area contributed by atoms with Gasteiger partial charge >= 0.3 is 0 Å². The Morgan fingerprint density at radius 3 is 2.34 bits per heavy atom. The second kappa shape index (κ2) is 9.13. The van der Waals surface area contributed by atoms with E-state index in [-0.39, 0.29) is 17.1 Å². The molecule has 2 aromatic rings. The van der Waals surface area contributed by atoms with E-state index in [0.717, 1.165) is 22.2 Å². The average Bonchev–Trinajstić information content (AvgIpc) is 2.61. The molecule has 158 valence electrons. The van der Waals surface area contributed by atoms with Crippen molar-refractivity contribution in [3.8, 4) is 0 Å². The third-order valence-corrected chi connectivity index (χ3v) is 5.91. The number of hydrogen-bond acceptors (Lipinski definition) is 3. The smallest absolute Gasteiger partial charge is 0.244 e.